The van der Waals surface area contributed by atoms with Crippen LogP contribution in [0.5, 0.6) is 5.75 Å². The van der Waals surface area contributed by atoms with Crippen molar-refractivity contribution in [3.05, 3.63) is 29.3 Å². The fourth-order valence-electron chi connectivity index (χ4n) is 2.41. The predicted octanol–water partition coefficient (Wildman–Crippen LogP) is 4.19. The highest BCUT2D eigenvalue weighted by molar-refractivity contribution is 6.74. The lowest BCUT2D eigenvalue weighted by atomic mass is 10.0. The van der Waals surface area contributed by atoms with Crippen molar-refractivity contribution in [1.82, 2.24) is 0 Å². The third-order valence-electron chi connectivity index (χ3n) is 4.68. The zero-order chi connectivity index (χ0) is 15.1. The number of fused-ring (bicyclic) bond motifs is 1. The van der Waals surface area contributed by atoms with E-state index in [4.69, 9.17) is 4.43 Å². The topological polar surface area (TPSA) is 46.5 Å². The lowest BCUT2D eigenvalue weighted by molar-refractivity contribution is -0.138. The Morgan fingerprint density at radius 2 is 2.00 bits per heavy atom. The lowest BCUT2D eigenvalue weighted by Crippen LogP contribution is -2.44. The van der Waals surface area contributed by atoms with Crippen LogP contribution in [0.2, 0.25) is 18.1 Å². The van der Waals surface area contributed by atoms with Gasteiger partial charge in [0, 0.05) is 5.56 Å². The molecule has 20 heavy (non-hydrogen) atoms. The van der Waals surface area contributed by atoms with Gasteiger partial charge in [-0.3, -0.25) is 4.79 Å². The molecule has 1 atom stereocenters. The Bertz CT molecular complexity index is 529. The molecule has 0 bridgehead atoms. The van der Waals surface area contributed by atoms with E-state index in [1.807, 2.05) is 18.2 Å². The van der Waals surface area contributed by atoms with Crippen LogP contribution in [0.25, 0.3) is 0 Å². The second kappa shape index (κ2) is 4.92. The Kier molecular flexibility index (Phi) is 3.71. The monoisotopic (exact) mass is 292 g/mol. The van der Waals surface area contributed by atoms with Gasteiger partial charge >= 0.3 is 5.97 Å². The summed E-state index contributed by atoms with van der Waals surface area (Å²) >= 11 is 0. The maximum atomic E-state index is 11.4. The van der Waals surface area contributed by atoms with Gasteiger partial charge in [0.2, 0.25) is 8.32 Å². The van der Waals surface area contributed by atoms with Gasteiger partial charge < -0.3 is 9.53 Å². The summed E-state index contributed by atoms with van der Waals surface area (Å²) in [5.41, 5.74) is 2.04. The number of carboxylic acid groups (broad SMARTS) is 1. The molecule has 0 fully saturated rings. The van der Waals surface area contributed by atoms with Gasteiger partial charge in [-0.2, -0.15) is 0 Å². The van der Waals surface area contributed by atoms with E-state index in [0.717, 1.165) is 23.3 Å². The van der Waals surface area contributed by atoms with Gasteiger partial charge in [-0.1, -0.05) is 32.9 Å². The molecule has 0 aromatic heterocycles. The molecule has 2 rings (SSSR count). The minimum atomic E-state index is -1.95. The van der Waals surface area contributed by atoms with E-state index in [-0.39, 0.29) is 5.04 Å². The molecule has 1 aromatic carbocycles. The van der Waals surface area contributed by atoms with Crippen LogP contribution in [-0.2, 0) is 11.2 Å². The average Bonchev–Trinajstić information content (AvgIpc) is 2.71. The van der Waals surface area contributed by atoms with Crippen molar-refractivity contribution < 1.29 is 14.3 Å². The SMILES string of the molecule is CC(C)(C)[Si](C)(C)Oc1cccc2c1C(C(=O)O)CC2. The molecule has 1 aliphatic carbocycles. The van der Waals surface area contributed by atoms with Crippen molar-refractivity contribution >= 4 is 14.3 Å². The summed E-state index contributed by atoms with van der Waals surface area (Å²) in [4.78, 5) is 11.4. The van der Waals surface area contributed by atoms with E-state index in [0.29, 0.717) is 6.42 Å². The highest BCUT2D eigenvalue weighted by Crippen LogP contribution is 2.43. The summed E-state index contributed by atoms with van der Waals surface area (Å²) < 4.78 is 6.37. The fraction of sp³-hybridized carbons (Fsp3) is 0.562. The predicted molar refractivity (Wildman–Crippen MR) is 83.0 cm³/mol. The van der Waals surface area contributed by atoms with Gasteiger partial charge in [-0.25, -0.2) is 0 Å². The van der Waals surface area contributed by atoms with Crippen LogP contribution in [0.4, 0.5) is 0 Å². The van der Waals surface area contributed by atoms with Crippen LogP contribution in [-0.4, -0.2) is 19.4 Å². The molecule has 4 heteroatoms. The first-order chi connectivity index (χ1) is 9.13. The second-order valence-electron chi connectivity index (χ2n) is 7.12. The van der Waals surface area contributed by atoms with Crippen LogP contribution >= 0.6 is 0 Å². The van der Waals surface area contributed by atoms with E-state index >= 15 is 0 Å². The van der Waals surface area contributed by atoms with Gasteiger partial charge in [-0.15, -0.1) is 0 Å². The summed E-state index contributed by atoms with van der Waals surface area (Å²) in [6.45, 7) is 11.0. The van der Waals surface area contributed by atoms with E-state index in [1.54, 1.807) is 0 Å². The smallest absolute Gasteiger partial charge is 0.311 e. The van der Waals surface area contributed by atoms with Crippen LogP contribution in [0.15, 0.2) is 18.2 Å². The van der Waals surface area contributed by atoms with E-state index in [1.165, 1.54) is 0 Å². The van der Waals surface area contributed by atoms with Crippen molar-refractivity contribution in [3.8, 4) is 5.75 Å². The highest BCUT2D eigenvalue weighted by atomic mass is 28.4. The highest BCUT2D eigenvalue weighted by Gasteiger charge is 2.41. The van der Waals surface area contributed by atoms with Crippen LogP contribution in [0.1, 0.15) is 44.2 Å². The molecule has 1 unspecified atom stereocenters. The Morgan fingerprint density at radius 1 is 1.35 bits per heavy atom. The molecule has 0 aliphatic heterocycles. The third kappa shape index (κ3) is 2.61. The lowest BCUT2D eigenvalue weighted by Gasteiger charge is -2.37. The van der Waals surface area contributed by atoms with Crippen molar-refractivity contribution in [1.29, 1.82) is 0 Å². The number of hydrogen-bond acceptors (Lipinski definition) is 2. The zero-order valence-corrected chi connectivity index (χ0v) is 14.0. The number of carboxylic acids is 1. The standard InChI is InChI=1S/C16H24O3Si/c1-16(2,3)20(4,5)19-13-8-6-7-11-9-10-12(14(11)13)15(17)18/h6-8,12H,9-10H2,1-5H3,(H,17,18). The quantitative estimate of drug-likeness (QED) is 0.850. The summed E-state index contributed by atoms with van der Waals surface area (Å²) in [5, 5.41) is 9.50. The van der Waals surface area contributed by atoms with Gasteiger partial charge in [0.15, 0.2) is 0 Å². The maximum Gasteiger partial charge on any atom is 0.311 e. The van der Waals surface area contributed by atoms with Crippen LogP contribution in [0.3, 0.4) is 0 Å². The summed E-state index contributed by atoms with van der Waals surface area (Å²) in [5.74, 6) is -0.361. The number of benzene rings is 1. The summed E-state index contributed by atoms with van der Waals surface area (Å²) in [7, 11) is -1.95. The normalized spacial score (nSPS) is 18.8. The van der Waals surface area contributed by atoms with E-state index in [2.05, 4.69) is 33.9 Å². The largest absolute Gasteiger partial charge is 0.543 e. The van der Waals surface area contributed by atoms with E-state index < -0.39 is 20.2 Å². The summed E-state index contributed by atoms with van der Waals surface area (Å²) in [6.07, 6.45) is 1.52. The first-order valence-electron chi connectivity index (χ1n) is 7.17. The van der Waals surface area contributed by atoms with Crippen molar-refractivity contribution in [2.24, 2.45) is 0 Å². The number of carbonyl (C=O) groups is 1. The number of aliphatic carboxylic acids is 1. The Balaban J connectivity index is 2.41. The molecule has 0 heterocycles. The molecule has 0 saturated carbocycles. The number of hydrogen-bond donors (Lipinski definition) is 1. The minimum absolute atomic E-state index is 0.104. The third-order valence-corrected chi connectivity index (χ3v) is 9.02. The first-order valence-corrected chi connectivity index (χ1v) is 10.1. The van der Waals surface area contributed by atoms with E-state index in [9.17, 15) is 9.90 Å². The van der Waals surface area contributed by atoms with Gasteiger partial charge in [0.05, 0.1) is 5.92 Å². The Hall–Kier alpha value is -1.29. The Labute approximate surface area is 122 Å². The molecule has 1 aliphatic rings. The molecule has 0 amide bonds. The second-order valence-corrected chi connectivity index (χ2v) is 11.8. The first kappa shape index (κ1) is 15.1. The van der Waals surface area contributed by atoms with Crippen molar-refractivity contribution in [2.45, 2.75) is 57.7 Å². The van der Waals surface area contributed by atoms with Crippen molar-refractivity contribution in [2.75, 3.05) is 0 Å². The number of aryl methyl sites for hydroxylation is 1. The van der Waals surface area contributed by atoms with Gasteiger partial charge in [0.25, 0.3) is 0 Å². The molecule has 3 nitrogen and oxygen atoms in total. The molecule has 110 valence electrons. The molecule has 0 radical (unpaired) electrons. The Morgan fingerprint density at radius 3 is 2.55 bits per heavy atom. The maximum absolute atomic E-state index is 11.4. The van der Waals surface area contributed by atoms with Crippen LogP contribution < -0.4 is 4.43 Å². The van der Waals surface area contributed by atoms with Gasteiger partial charge in [0.1, 0.15) is 5.75 Å². The molecular formula is C16H24O3Si. The van der Waals surface area contributed by atoms with Crippen LogP contribution in [0, 0.1) is 0 Å². The summed E-state index contributed by atoms with van der Waals surface area (Å²) in [6, 6.07) is 5.93. The molecule has 1 aromatic rings. The fourth-order valence-corrected chi connectivity index (χ4v) is 3.45. The molecule has 0 spiro atoms. The van der Waals surface area contributed by atoms with Crippen molar-refractivity contribution in [3.63, 3.8) is 0 Å². The number of rotatable bonds is 3. The van der Waals surface area contributed by atoms with Gasteiger partial charge in [-0.05, 0) is 42.6 Å². The minimum Gasteiger partial charge on any atom is -0.543 e. The molecule has 0 saturated heterocycles. The molecular weight excluding hydrogens is 268 g/mol. The molecule has 1 N–H and O–H groups in total. The average molecular weight is 292 g/mol. The zero-order valence-electron chi connectivity index (χ0n) is 13.0.